The molecule has 0 atom stereocenters. The number of hydrogen-bond acceptors (Lipinski definition) is 6. The number of non-ortho nitro benzene ring substituents is 1. The third-order valence-electron chi connectivity index (χ3n) is 2.10. The number of hydrogen-bond donors (Lipinski definition) is 0. The summed E-state index contributed by atoms with van der Waals surface area (Å²) in [7, 11) is 0. The van der Waals surface area contributed by atoms with Crippen LogP contribution < -0.4 is 0 Å². The van der Waals surface area contributed by atoms with Gasteiger partial charge in [0.05, 0.1) is 10.6 Å². The normalized spacial score (nSPS) is 16.9. The van der Waals surface area contributed by atoms with E-state index >= 15 is 0 Å². The van der Waals surface area contributed by atoms with E-state index in [0.717, 1.165) is 0 Å². The smallest absolute Gasteiger partial charge is 0.311 e. The Labute approximate surface area is 95.6 Å². The van der Waals surface area contributed by atoms with Gasteiger partial charge in [-0.15, -0.1) is 0 Å². The van der Waals surface area contributed by atoms with Crippen LogP contribution >= 0.6 is 0 Å². The number of rotatable bonds is 2. The van der Waals surface area contributed by atoms with Crippen LogP contribution in [0, 0.1) is 10.1 Å². The molecule has 0 bridgehead atoms. The molecule has 0 saturated carbocycles. The number of nitro groups is 1. The van der Waals surface area contributed by atoms with Crippen molar-refractivity contribution in [1.82, 2.24) is 0 Å². The van der Waals surface area contributed by atoms with E-state index in [9.17, 15) is 14.9 Å². The van der Waals surface area contributed by atoms with E-state index in [-0.39, 0.29) is 11.4 Å². The SMILES string of the molecule is CC1=NOC(=O)C1=Nc1ccc([N+](=O)[O-])cc1. The molecule has 7 heteroatoms. The number of benzene rings is 1. The lowest BCUT2D eigenvalue weighted by Crippen LogP contribution is -2.14. The standard InChI is InChI=1S/C10H7N3O4/c1-6-9(10(14)17-12-6)11-7-2-4-8(5-3-7)13(15)16/h2-5H,1H3. The Morgan fingerprint density at radius 1 is 1.35 bits per heavy atom. The summed E-state index contributed by atoms with van der Waals surface area (Å²) in [4.78, 5) is 29.6. The molecule has 1 heterocycles. The molecule has 0 fully saturated rings. The van der Waals surface area contributed by atoms with Gasteiger partial charge >= 0.3 is 5.97 Å². The molecule has 1 aliphatic heterocycles. The third-order valence-corrected chi connectivity index (χ3v) is 2.10. The van der Waals surface area contributed by atoms with Crippen molar-refractivity contribution in [1.29, 1.82) is 0 Å². The Bertz CT molecular complexity index is 545. The lowest BCUT2D eigenvalue weighted by Gasteiger charge is -1.95. The van der Waals surface area contributed by atoms with E-state index in [4.69, 9.17) is 0 Å². The van der Waals surface area contributed by atoms with Crippen LogP contribution in [-0.2, 0) is 9.63 Å². The van der Waals surface area contributed by atoms with Gasteiger partial charge in [-0.25, -0.2) is 9.79 Å². The van der Waals surface area contributed by atoms with E-state index in [1.165, 1.54) is 24.3 Å². The van der Waals surface area contributed by atoms with Gasteiger partial charge in [0.2, 0.25) is 0 Å². The molecule has 0 saturated heterocycles. The zero-order valence-corrected chi connectivity index (χ0v) is 8.78. The maximum atomic E-state index is 11.2. The number of carbonyl (C=O) groups excluding carboxylic acids is 1. The van der Waals surface area contributed by atoms with Gasteiger partial charge < -0.3 is 4.84 Å². The molecule has 1 aromatic rings. The second kappa shape index (κ2) is 4.12. The van der Waals surface area contributed by atoms with Crippen molar-refractivity contribution in [2.75, 3.05) is 0 Å². The molecule has 0 aliphatic carbocycles. The minimum atomic E-state index is -0.624. The zero-order chi connectivity index (χ0) is 12.4. The van der Waals surface area contributed by atoms with Crippen molar-refractivity contribution < 1.29 is 14.6 Å². The van der Waals surface area contributed by atoms with Crippen molar-refractivity contribution >= 4 is 28.8 Å². The van der Waals surface area contributed by atoms with Crippen molar-refractivity contribution in [3.05, 3.63) is 34.4 Å². The summed E-state index contributed by atoms with van der Waals surface area (Å²) in [6, 6.07) is 5.52. The van der Waals surface area contributed by atoms with Crippen molar-refractivity contribution in [2.45, 2.75) is 6.92 Å². The number of aliphatic imine (C=N–C) groups is 1. The number of carbonyl (C=O) groups is 1. The van der Waals surface area contributed by atoms with Crippen LogP contribution in [-0.4, -0.2) is 22.3 Å². The highest BCUT2D eigenvalue weighted by Crippen LogP contribution is 2.19. The topological polar surface area (TPSA) is 94.2 Å². The highest BCUT2D eigenvalue weighted by Gasteiger charge is 2.23. The first kappa shape index (κ1) is 10.9. The number of oxime groups is 1. The van der Waals surface area contributed by atoms with Gasteiger partial charge in [0.15, 0.2) is 5.71 Å². The predicted molar refractivity (Wildman–Crippen MR) is 59.4 cm³/mol. The summed E-state index contributed by atoms with van der Waals surface area (Å²) < 4.78 is 0. The molecular weight excluding hydrogens is 226 g/mol. The molecule has 17 heavy (non-hydrogen) atoms. The van der Waals surface area contributed by atoms with Gasteiger partial charge in [-0.2, -0.15) is 0 Å². The fourth-order valence-corrected chi connectivity index (χ4v) is 1.25. The molecule has 0 amide bonds. The fraction of sp³-hybridized carbons (Fsp3) is 0.100. The monoisotopic (exact) mass is 233 g/mol. The van der Waals surface area contributed by atoms with Gasteiger partial charge in [-0.3, -0.25) is 10.1 Å². The first-order chi connectivity index (χ1) is 8.08. The Morgan fingerprint density at radius 3 is 2.47 bits per heavy atom. The highest BCUT2D eigenvalue weighted by molar-refractivity contribution is 6.67. The summed E-state index contributed by atoms with van der Waals surface area (Å²) in [6.07, 6.45) is 0. The molecule has 0 N–H and O–H groups in total. The first-order valence-electron chi connectivity index (χ1n) is 4.67. The molecule has 86 valence electrons. The van der Waals surface area contributed by atoms with Gasteiger partial charge in [0.25, 0.3) is 5.69 Å². The van der Waals surface area contributed by atoms with Crippen LogP contribution in [0.15, 0.2) is 34.4 Å². The largest absolute Gasteiger partial charge is 0.385 e. The number of nitro benzene ring substituents is 1. The minimum Gasteiger partial charge on any atom is -0.311 e. The van der Waals surface area contributed by atoms with Gasteiger partial charge in [0.1, 0.15) is 5.71 Å². The lowest BCUT2D eigenvalue weighted by molar-refractivity contribution is -0.384. The van der Waals surface area contributed by atoms with Crippen LogP contribution in [0.5, 0.6) is 0 Å². The van der Waals surface area contributed by atoms with E-state index in [0.29, 0.717) is 11.4 Å². The molecule has 1 aliphatic rings. The van der Waals surface area contributed by atoms with Gasteiger partial charge in [-0.05, 0) is 19.1 Å². The van der Waals surface area contributed by atoms with Gasteiger partial charge in [-0.1, -0.05) is 5.16 Å². The van der Waals surface area contributed by atoms with Crippen LogP contribution in [0.25, 0.3) is 0 Å². The highest BCUT2D eigenvalue weighted by atomic mass is 16.7. The van der Waals surface area contributed by atoms with Crippen molar-refractivity contribution in [3.8, 4) is 0 Å². The third kappa shape index (κ3) is 2.17. The Hall–Kier alpha value is -2.57. The number of nitrogens with zero attached hydrogens (tertiary/aromatic N) is 3. The van der Waals surface area contributed by atoms with Crippen LogP contribution in [0.4, 0.5) is 11.4 Å². The Kier molecular flexibility index (Phi) is 2.65. The average molecular weight is 233 g/mol. The maximum absolute atomic E-state index is 11.2. The molecule has 0 spiro atoms. The minimum absolute atomic E-state index is 0.0339. The van der Waals surface area contributed by atoms with Crippen molar-refractivity contribution in [2.24, 2.45) is 10.1 Å². The van der Waals surface area contributed by atoms with E-state index in [1.54, 1.807) is 6.92 Å². The summed E-state index contributed by atoms with van der Waals surface area (Å²) in [5.74, 6) is -0.624. The Balaban J connectivity index is 2.30. The van der Waals surface area contributed by atoms with Crippen LogP contribution in [0.1, 0.15) is 6.92 Å². The Morgan fingerprint density at radius 2 is 2.00 bits per heavy atom. The summed E-state index contributed by atoms with van der Waals surface area (Å²) in [5, 5.41) is 13.9. The molecule has 2 rings (SSSR count). The molecule has 0 aromatic heterocycles. The van der Waals surface area contributed by atoms with Gasteiger partial charge in [0, 0.05) is 12.1 Å². The zero-order valence-electron chi connectivity index (χ0n) is 8.78. The van der Waals surface area contributed by atoms with E-state index in [1.807, 2.05) is 0 Å². The average Bonchev–Trinajstić information content (AvgIpc) is 2.61. The van der Waals surface area contributed by atoms with Crippen LogP contribution in [0.2, 0.25) is 0 Å². The predicted octanol–water partition coefficient (Wildman–Crippen LogP) is 1.60. The summed E-state index contributed by atoms with van der Waals surface area (Å²) in [5.41, 5.74) is 0.888. The second-order valence-corrected chi connectivity index (χ2v) is 3.29. The van der Waals surface area contributed by atoms with Crippen molar-refractivity contribution in [3.63, 3.8) is 0 Å². The summed E-state index contributed by atoms with van der Waals surface area (Å²) >= 11 is 0. The summed E-state index contributed by atoms with van der Waals surface area (Å²) in [6.45, 7) is 1.59. The van der Waals surface area contributed by atoms with Crippen LogP contribution in [0.3, 0.4) is 0 Å². The van der Waals surface area contributed by atoms with E-state index < -0.39 is 10.9 Å². The van der Waals surface area contributed by atoms with E-state index in [2.05, 4.69) is 15.0 Å². The maximum Gasteiger partial charge on any atom is 0.385 e. The lowest BCUT2D eigenvalue weighted by atomic mass is 10.2. The molecule has 0 radical (unpaired) electrons. The molecule has 1 aromatic carbocycles. The first-order valence-corrected chi connectivity index (χ1v) is 4.67. The molecule has 0 unspecified atom stereocenters. The fourth-order valence-electron chi connectivity index (χ4n) is 1.25. The quantitative estimate of drug-likeness (QED) is 0.440. The molecular formula is C10H7N3O4. The second-order valence-electron chi connectivity index (χ2n) is 3.29. The molecule has 7 nitrogen and oxygen atoms in total.